The van der Waals surface area contributed by atoms with E-state index >= 15 is 0 Å². The first kappa shape index (κ1) is 60.3. The molecule has 25 heteroatoms. The van der Waals surface area contributed by atoms with Gasteiger partial charge in [0.15, 0.2) is 11.9 Å². The predicted molar refractivity (Wildman–Crippen MR) is 265 cm³/mol. The van der Waals surface area contributed by atoms with Gasteiger partial charge in [0, 0.05) is 26.2 Å². The zero-order valence-corrected chi connectivity index (χ0v) is 41.7. The summed E-state index contributed by atoms with van der Waals surface area (Å²) < 4.78 is 0. The van der Waals surface area contributed by atoms with Crippen molar-refractivity contribution in [3.05, 3.63) is 0 Å². The van der Waals surface area contributed by atoms with E-state index < -0.39 is 102 Å². The van der Waals surface area contributed by atoms with Crippen LogP contribution < -0.4 is 66.7 Å². The van der Waals surface area contributed by atoms with Crippen LogP contribution >= 0.6 is 0 Å². The van der Waals surface area contributed by atoms with Crippen LogP contribution in [0.5, 0.6) is 0 Å². The third-order valence-electron chi connectivity index (χ3n) is 12.3. The van der Waals surface area contributed by atoms with Gasteiger partial charge in [-0.2, -0.15) is 0 Å². The number of hydrogen-bond acceptors (Lipinski definition) is 13. The lowest BCUT2D eigenvalue weighted by Gasteiger charge is -2.31. The minimum absolute atomic E-state index is 0.00366. The van der Waals surface area contributed by atoms with Crippen molar-refractivity contribution in [2.45, 2.75) is 172 Å². The minimum atomic E-state index is -1.27. The Balaban J connectivity index is 2.38. The minimum Gasteiger partial charge on any atom is -0.480 e. The molecule has 0 spiro atoms. The summed E-state index contributed by atoms with van der Waals surface area (Å²) >= 11 is 0. The maximum absolute atomic E-state index is 14.3. The van der Waals surface area contributed by atoms with Gasteiger partial charge in [0.25, 0.3) is 0 Å². The number of carboxylic acid groups (broad SMARTS) is 1. The van der Waals surface area contributed by atoms with Crippen molar-refractivity contribution in [3.8, 4) is 0 Å². The summed E-state index contributed by atoms with van der Waals surface area (Å²) in [4.78, 5) is 120. The first-order valence-electron chi connectivity index (χ1n) is 24.7. The van der Waals surface area contributed by atoms with Crippen LogP contribution in [0.3, 0.4) is 0 Å². The average Bonchev–Trinajstić information content (AvgIpc) is 4.00. The molecule has 2 fully saturated rings. The highest BCUT2D eigenvalue weighted by Gasteiger charge is 2.41. The summed E-state index contributed by atoms with van der Waals surface area (Å²) in [5, 5.41) is 23.6. The van der Waals surface area contributed by atoms with E-state index in [1.807, 2.05) is 13.8 Å². The summed E-state index contributed by atoms with van der Waals surface area (Å²) in [6.07, 6.45) is 4.86. The topological polar surface area (TPSA) is 430 Å². The highest BCUT2D eigenvalue weighted by atomic mass is 16.4. The van der Waals surface area contributed by atoms with Gasteiger partial charge in [-0.05, 0) is 121 Å². The van der Waals surface area contributed by atoms with Gasteiger partial charge in [0.2, 0.25) is 41.4 Å². The molecule has 2 saturated heterocycles. The number of nitrogens with two attached hydrogens (primary N) is 7. The van der Waals surface area contributed by atoms with Crippen LogP contribution in [-0.2, 0) is 38.4 Å². The van der Waals surface area contributed by atoms with E-state index in [9.17, 15) is 43.5 Å². The van der Waals surface area contributed by atoms with Crippen LogP contribution in [0.25, 0.3) is 0 Å². The number of unbranched alkanes of at least 4 members (excludes halogenated alkanes) is 2. The number of aliphatic carboxylic acids is 1. The quantitative estimate of drug-likeness (QED) is 0.0180. The number of amides is 7. The first-order chi connectivity index (χ1) is 33.1. The molecule has 2 rings (SSSR count). The van der Waals surface area contributed by atoms with Crippen LogP contribution in [0.15, 0.2) is 9.98 Å². The van der Waals surface area contributed by atoms with Crippen LogP contribution in [0.1, 0.15) is 124 Å². The van der Waals surface area contributed by atoms with Gasteiger partial charge in [-0.15, -0.1) is 0 Å². The highest BCUT2D eigenvalue weighted by molar-refractivity contribution is 5.98. The molecule has 0 bridgehead atoms. The number of guanidine groups is 2. The molecule has 2 aliphatic heterocycles. The molecule has 0 unspecified atom stereocenters. The smallest absolute Gasteiger partial charge is 0.326 e. The number of nitrogens with one attached hydrogen (secondary N) is 5. The van der Waals surface area contributed by atoms with Gasteiger partial charge in [0.05, 0.1) is 6.04 Å². The number of likely N-dealkylation sites (tertiary alicyclic amines) is 2. The van der Waals surface area contributed by atoms with E-state index in [1.165, 1.54) is 9.80 Å². The molecule has 0 saturated carbocycles. The van der Waals surface area contributed by atoms with E-state index in [1.54, 1.807) is 13.8 Å². The molecule has 0 aromatic rings. The molecule has 70 heavy (non-hydrogen) atoms. The van der Waals surface area contributed by atoms with Crippen molar-refractivity contribution in [2.24, 2.45) is 62.0 Å². The summed E-state index contributed by atoms with van der Waals surface area (Å²) in [5.41, 5.74) is 39.6. The fraction of sp³-hybridized carbons (Fsp3) is 0.778. The molecule has 0 radical (unpaired) electrons. The summed E-state index contributed by atoms with van der Waals surface area (Å²) in [5.74, 6) is -6.26. The number of rotatable bonds is 32. The Kier molecular flexibility index (Phi) is 27.1. The average molecular weight is 993 g/mol. The summed E-state index contributed by atoms with van der Waals surface area (Å²) in [7, 11) is 0. The normalized spacial score (nSPS) is 18.2. The number of carboxylic acids is 1. The van der Waals surface area contributed by atoms with Crippen molar-refractivity contribution in [1.29, 1.82) is 0 Å². The Morgan fingerprint density at radius 1 is 0.571 bits per heavy atom. The van der Waals surface area contributed by atoms with Gasteiger partial charge < -0.3 is 81.6 Å². The van der Waals surface area contributed by atoms with E-state index in [-0.39, 0.29) is 82.5 Å². The van der Waals surface area contributed by atoms with Gasteiger partial charge in [-0.25, -0.2) is 4.79 Å². The molecule has 2 heterocycles. The molecule has 8 atom stereocenters. The number of nitrogens with zero attached hydrogens (tertiary/aromatic N) is 4. The third kappa shape index (κ3) is 20.6. The van der Waals surface area contributed by atoms with Crippen molar-refractivity contribution in [1.82, 2.24) is 36.4 Å². The molecular weight excluding hydrogens is 909 g/mol. The Morgan fingerprint density at radius 2 is 1.00 bits per heavy atom. The molecule has 0 aromatic heterocycles. The molecule has 25 nitrogen and oxygen atoms in total. The van der Waals surface area contributed by atoms with Gasteiger partial charge in [0.1, 0.15) is 42.3 Å². The maximum Gasteiger partial charge on any atom is 0.326 e. The van der Waals surface area contributed by atoms with Crippen LogP contribution in [-0.4, -0.2) is 162 Å². The van der Waals surface area contributed by atoms with E-state index in [4.69, 9.17) is 40.1 Å². The SMILES string of the molecule is CC(C)C[C@H](NC(=O)[C@H](CCCCN)NC(=O)[C@H](CCCN=C(N)N)NC(=O)[C@H](CCCCN)NC(=O)[C@@H]1CCCN1C(=O)[C@@H](N)CCCN=C(N)N)C(=O)N[C@H](C(=O)N1CCC[C@H]1C(=O)O)C(C)C. The third-order valence-corrected chi connectivity index (χ3v) is 12.3. The van der Waals surface area contributed by atoms with Crippen molar-refractivity contribution in [3.63, 3.8) is 0 Å². The van der Waals surface area contributed by atoms with E-state index in [2.05, 4.69) is 36.6 Å². The number of hydrogen-bond donors (Lipinski definition) is 13. The molecule has 0 aliphatic carbocycles. The lowest BCUT2D eigenvalue weighted by molar-refractivity contribution is -0.150. The largest absolute Gasteiger partial charge is 0.480 e. The second-order valence-corrected chi connectivity index (χ2v) is 18.9. The van der Waals surface area contributed by atoms with Crippen LogP contribution in [0.2, 0.25) is 0 Å². The zero-order valence-electron chi connectivity index (χ0n) is 41.7. The lowest BCUT2D eigenvalue weighted by atomic mass is 9.98. The first-order valence-corrected chi connectivity index (χ1v) is 24.7. The highest BCUT2D eigenvalue weighted by Crippen LogP contribution is 2.22. The van der Waals surface area contributed by atoms with Crippen LogP contribution in [0.4, 0.5) is 0 Å². The fourth-order valence-corrected chi connectivity index (χ4v) is 8.48. The number of aliphatic imine (C=N–C) groups is 2. The molecule has 2 aliphatic rings. The molecular formula is C45H84N16O9. The Morgan fingerprint density at radius 3 is 1.46 bits per heavy atom. The summed E-state index contributed by atoms with van der Waals surface area (Å²) in [6.45, 7) is 8.65. The van der Waals surface area contributed by atoms with Gasteiger partial charge >= 0.3 is 5.97 Å². The predicted octanol–water partition coefficient (Wildman–Crippen LogP) is -3.13. The van der Waals surface area contributed by atoms with Gasteiger partial charge in [-0.1, -0.05) is 27.7 Å². The lowest BCUT2D eigenvalue weighted by Crippen LogP contribution is -2.60. The second-order valence-electron chi connectivity index (χ2n) is 18.9. The standard InChI is InChI=1S/C45H84N16O9/c1-26(2)25-32(39(65)59-35(27(3)4)42(68)61-24-12-18-34(61)43(69)70)58-38(64)29(14-5-7-19-46)55-37(63)31(16-10-22-54-45(51)52)56-36(62)30(15-6-8-20-47)57-40(66)33-17-11-23-60(33)41(67)28(48)13-9-21-53-44(49)50/h26-35H,5-25,46-48H2,1-4H3,(H,55,63)(H,56,62)(H,57,66)(H,58,64)(H,59,65)(H,69,70)(H4,49,50,53)(H4,51,52,54)/t28-,29-,30-,31-,32-,33-,34-,35-/m0/s1. The van der Waals surface area contributed by atoms with Crippen LogP contribution in [0, 0.1) is 11.8 Å². The number of carbonyl (C=O) groups excluding carboxylic acids is 7. The molecule has 398 valence electrons. The molecule has 0 aromatic carbocycles. The molecule has 20 N–H and O–H groups in total. The Hall–Kier alpha value is -5.82. The monoisotopic (exact) mass is 993 g/mol. The van der Waals surface area contributed by atoms with Crippen molar-refractivity contribution in [2.75, 3.05) is 39.3 Å². The number of carbonyl (C=O) groups is 8. The fourth-order valence-electron chi connectivity index (χ4n) is 8.48. The van der Waals surface area contributed by atoms with E-state index in [0.29, 0.717) is 70.9 Å². The second kappa shape index (κ2) is 31.4. The van der Waals surface area contributed by atoms with Gasteiger partial charge in [-0.3, -0.25) is 43.5 Å². The van der Waals surface area contributed by atoms with Crippen molar-refractivity contribution >= 4 is 59.2 Å². The maximum atomic E-state index is 14.3. The zero-order chi connectivity index (χ0) is 52.5. The summed E-state index contributed by atoms with van der Waals surface area (Å²) in [6, 6.07) is -8.70. The molecule has 7 amide bonds. The van der Waals surface area contributed by atoms with E-state index in [0.717, 1.165) is 0 Å². The Labute approximate surface area is 411 Å². The van der Waals surface area contributed by atoms with Crippen molar-refractivity contribution < 1.29 is 43.5 Å². The Bertz CT molecular complexity index is 1790.